The lowest BCUT2D eigenvalue weighted by molar-refractivity contribution is -0.123. The van der Waals surface area contributed by atoms with Crippen molar-refractivity contribution in [1.29, 1.82) is 0 Å². The van der Waals surface area contributed by atoms with E-state index in [1.54, 1.807) is 21.6 Å². The summed E-state index contributed by atoms with van der Waals surface area (Å²) in [7, 11) is 0. The Kier molecular flexibility index (Phi) is 5.14. The first-order chi connectivity index (χ1) is 14.5. The maximum atomic E-state index is 13.5. The van der Waals surface area contributed by atoms with Crippen LogP contribution in [0.15, 0.2) is 28.0 Å². The fourth-order valence-corrected chi connectivity index (χ4v) is 6.07. The highest BCUT2D eigenvalue weighted by Gasteiger charge is 2.38. The van der Waals surface area contributed by atoms with Crippen LogP contribution in [0.3, 0.4) is 0 Å². The number of aryl methyl sites for hydroxylation is 1. The van der Waals surface area contributed by atoms with Crippen LogP contribution in [0.2, 0.25) is 0 Å². The van der Waals surface area contributed by atoms with Crippen molar-refractivity contribution in [2.24, 2.45) is 0 Å². The Morgan fingerprint density at radius 2 is 1.90 bits per heavy atom. The topological polar surface area (TPSA) is 57.9 Å². The van der Waals surface area contributed by atoms with Gasteiger partial charge >= 0.3 is 0 Å². The average molecular weight is 441 g/mol. The van der Waals surface area contributed by atoms with Crippen LogP contribution < -0.4 is 10.5 Å². The van der Waals surface area contributed by atoms with Crippen molar-refractivity contribution in [3.8, 4) is 0 Å². The molecule has 3 fully saturated rings. The molecule has 2 aromatic heterocycles. The first kappa shape index (κ1) is 19.8. The van der Waals surface area contributed by atoms with Crippen LogP contribution in [0.5, 0.6) is 0 Å². The molecular formula is C22H24N4O2S2. The van der Waals surface area contributed by atoms with Gasteiger partial charge in [-0.25, -0.2) is 4.98 Å². The summed E-state index contributed by atoms with van der Waals surface area (Å²) < 4.78 is 2.18. The maximum absolute atomic E-state index is 13.5. The molecule has 156 valence electrons. The van der Waals surface area contributed by atoms with Gasteiger partial charge < -0.3 is 4.90 Å². The number of amides is 1. The number of anilines is 1. The van der Waals surface area contributed by atoms with Crippen molar-refractivity contribution in [1.82, 2.24) is 14.3 Å². The third kappa shape index (κ3) is 3.26. The smallest absolute Gasteiger partial charge is 0.267 e. The summed E-state index contributed by atoms with van der Waals surface area (Å²) >= 11 is 6.84. The van der Waals surface area contributed by atoms with Crippen LogP contribution in [-0.2, 0) is 4.79 Å². The van der Waals surface area contributed by atoms with Crippen molar-refractivity contribution >= 4 is 51.7 Å². The minimum absolute atomic E-state index is 0.0713. The number of rotatable bonds is 3. The number of nitrogens with zero attached hydrogens (tertiary/aromatic N) is 4. The number of thioether (sulfide) groups is 1. The standard InChI is InChI=1S/C22H24N4O2S2/c1-14-7-6-12-25-18(14)23-19(24-10-4-5-11-24)16(20(25)27)13-17-21(28)26(22(29)30-17)15-8-2-3-9-15/h6-7,12-13,15H,2-5,8-11H2,1H3/b17-13-. The molecule has 2 saturated heterocycles. The van der Waals surface area contributed by atoms with Gasteiger partial charge in [0.2, 0.25) is 0 Å². The van der Waals surface area contributed by atoms with Crippen molar-refractivity contribution < 1.29 is 4.79 Å². The van der Waals surface area contributed by atoms with E-state index in [2.05, 4.69) is 4.90 Å². The van der Waals surface area contributed by atoms with Crippen LogP contribution in [-0.4, -0.2) is 43.6 Å². The third-order valence-corrected chi connectivity index (χ3v) is 7.59. The molecule has 0 atom stereocenters. The second kappa shape index (κ2) is 7.81. The molecule has 0 unspecified atom stereocenters. The van der Waals surface area contributed by atoms with Crippen molar-refractivity contribution in [2.75, 3.05) is 18.0 Å². The summed E-state index contributed by atoms with van der Waals surface area (Å²) in [5, 5.41) is 0. The van der Waals surface area contributed by atoms with E-state index >= 15 is 0 Å². The summed E-state index contributed by atoms with van der Waals surface area (Å²) in [6, 6.07) is 4.01. The molecule has 6 nitrogen and oxygen atoms in total. The van der Waals surface area contributed by atoms with E-state index in [9.17, 15) is 9.59 Å². The SMILES string of the molecule is Cc1cccn2c(=O)c(/C=C3\SC(=S)N(C4CCCC4)C3=O)c(N3CCCC3)nc12. The lowest BCUT2D eigenvalue weighted by Crippen LogP contribution is -2.36. The molecule has 2 aromatic rings. The highest BCUT2D eigenvalue weighted by molar-refractivity contribution is 8.26. The number of fused-ring (bicyclic) bond motifs is 1. The molecule has 0 bridgehead atoms. The lowest BCUT2D eigenvalue weighted by atomic mass is 10.2. The van der Waals surface area contributed by atoms with E-state index in [0.717, 1.165) is 57.2 Å². The summed E-state index contributed by atoms with van der Waals surface area (Å²) in [4.78, 5) is 36.0. The number of carbonyl (C=O) groups is 1. The van der Waals surface area contributed by atoms with Crippen LogP contribution in [0.4, 0.5) is 5.82 Å². The average Bonchev–Trinajstić information content (AvgIpc) is 3.47. The number of pyridine rings is 1. The van der Waals surface area contributed by atoms with Crippen LogP contribution >= 0.6 is 24.0 Å². The zero-order chi connectivity index (χ0) is 20.8. The quantitative estimate of drug-likeness (QED) is 0.535. The molecule has 1 saturated carbocycles. The monoisotopic (exact) mass is 440 g/mol. The van der Waals surface area contributed by atoms with Crippen molar-refractivity contribution in [2.45, 2.75) is 51.5 Å². The zero-order valence-corrected chi connectivity index (χ0v) is 18.6. The van der Waals surface area contributed by atoms with E-state index in [4.69, 9.17) is 17.2 Å². The highest BCUT2D eigenvalue weighted by atomic mass is 32.2. The van der Waals surface area contributed by atoms with Gasteiger partial charge in [0.05, 0.1) is 10.5 Å². The Morgan fingerprint density at radius 1 is 1.17 bits per heavy atom. The number of hydrogen-bond acceptors (Lipinski definition) is 6. The van der Waals surface area contributed by atoms with Gasteiger partial charge in [0.1, 0.15) is 15.8 Å². The zero-order valence-electron chi connectivity index (χ0n) is 17.0. The Balaban J connectivity index is 1.64. The number of carbonyl (C=O) groups excluding carboxylic acids is 1. The fraction of sp³-hybridized carbons (Fsp3) is 0.455. The van der Waals surface area contributed by atoms with Crippen molar-refractivity contribution in [3.05, 3.63) is 44.7 Å². The second-order valence-corrected chi connectivity index (χ2v) is 9.90. The Hall–Kier alpha value is -2.19. The molecule has 0 N–H and O–H groups in total. The molecule has 3 aliphatic rings. The predicted octanol–water partition coefficient (Wildman–Crippen LogP) is 3.75. The molecule has 5 rings (SSSR count). The van der Waals surface area contributed by atoms with Gasteiger partial charge in [0.15, 0.2) is 0 Å². The Morgan fingerprint density at radius 3 is 2.63 bits per heavy atom. The second-order valence-electron chi connectivity index (χ2n) is 8.22. The number of thiocarbonyl (C=S) groups is 1. The first-order valence-corrected chi connectivity index (χ1v) is 11.8. The highest BCUT2D eigenvalue weighted by Crippen LogP contribution is 2.38. The molecule has 1 amide bonds. The number of aromatic nitrogens is 2. The third-order valence-electron chi connectivity index (χ3n) is 6.26. The van der Waals surface area contributed by atoms with Gasteiger partial charge in [-0.2, -0.15) is 0 Å². The fourth-order valence-electron chi connectivity index (χ4n) is 4.68. The van der Waals surface area contributed by atoms with E-state index in [0.29, 0.717) is 26.3 Å². The van der Waals surface area contributed by atoms with Gasteiger partial charge in [-0.15, -0.1) is 0 Å². The van der Waals surface area contributed by atoms with Crippen LogP contribution in [0.1, 0.15) is 49.7 Å². The molecule has 30 heavy (non-hydrogen) atoms. The van der Waals surface area contributed by atoms with E-state index < -0.39 is 0 Å². The molecule has 0 spiro atoms. The first-order valence-electron chi connectivity index (χ1n) is 10.6. The molecule has 8 heteroatoms. The van der Waals surface area contributed by atoms with Crippen LogP contribution in [0.25, 0.3) is 11.7 Å². The minimum Gasteiger partial charge on any atom is -0.356 e. The Labute approximate surface area is 185 Å². The molecule has 1 aliphatic carbocycles. The lowest BCUT2D eigenvalue weighted by Gasteiger charge is -2.22. The Bertz CT molecular complexity index is 1130. The van der Waals surface area contributed by atoms with Gasteiger partial charge in [-0.1, -0.05) is 42.9 Å². The maximum Gasteiger partial charge on any atom is 0.267 e. The predicted molar refractivity (Wildman–Crippen MR) is 125 cm³/mol. The van der Waals surface area contributed by atoms with Crippen molar-refractivity contribution in [3.63, 3.8) is 0 Å². The minimum atomic E-state index is -0.142. The number of hydrogen-bond donors (Lipinski definition) is 0. The van der Waals surface area contributed by atoms with E-state index in [-0.39, 0.29) is 17.5 Å². The molecule has 0 aromatic carbocycles. The molecule has 0 radical (unpaired) electrons. The van der Waals surface area contributed by atoms with Crippen LogP contribution in [0, 0.1) is 6.92 Å². The van der Waals surface area contributed by atoms with Gasteiger partial charge in [-0.3, -0.25) is 18.9 Å². The summed E-state index contributed by atoms with van der Waals surface area (Å²) in [6.45, 7) is 3.71. The van der Waals surface area contributed by atoms with E-state index in [1.165, 1.54) is 11.8 Å². The molecular weight excluding hydrogens is 416 g/mol. The van der Waals surface area contributed by atoms with Gasteiger partial charge in [0, 0.05) is 25.3 Å². The van der Waals surface area contributed by atoms with E-state index in [1.807, 2.05) is 19.1 Å². The summed E-state index contributed by atoms with van der Waals surface area (Å²) in [6.07, 6.45) is 9.90. The van der Waals surface area contributed by atoms with Gasteiger partial charge in [-0.05, 0) is 50.3 Å². The normalized spacial score (nSPS) is 21.7. The largest absolute Gasteiger partial charge is 0.356 e. The summed E-state index contributed by atoms with van der Waals surface area (Å²) in [5.74, 6) is 0.607. The molecule has 2 aliphatic heterocycles. The van der Waals surface area contributed by atoms with Gasteiger partial charge in [0.25, 0.3) is 11.5 Å². The summed E-state index contributed by atoms with van der Waals surface area (Å²) in [5.41, 5.74) is 1.96. The molecule has 4 heterocycles.